The molecule has 2 aromatic rings. The van der Waals surface area contributed by atoms with E-state index in [-0.39, 0.29) is 5.91 Å². The van der Waals surface area contributed by atoms with Gasteiger partial charge in [-0.3, -0.25) is 4.79 Å². The first-order valence-corrected chi connectivity index (χ1v) is 7.72. The van der Waals surface area contributed by atoms with Crippen molar-refractivity contribution in [1.82, 2.24) is 15.1 Å². The van der Waals surface area contributed by atoms with Crippen molar-refractivity contribution in [2.45, 2.75) is 18.8 Å². The molecule has 4 rings (SSSR count). The minimum Gasteiger partial charge on any atom is -0.459 e. The number of rotatable bonds is 3. The number of aromatic nitrogens is 2. The lowest BCUT2D eigenvalue weighted by atomic mass is 10.2. The van der Waals surface area contributed by atoms with E-state index < -0.39 is 0 Å². The third-order valence-electron chi connectivity index (χ3n) is 4.29. The first-order valence-electron chi connectivity index (χ1n) is 7.72. The number of furan rings is 1. The van der Waals surface area contributed by atoms with Crippen molar-refractivity contribution in [3.63, 3.8) is 0 Å². The highest BCUT2D eigenvalue weighted by molar-refractivity contribution is 5.91. The fraction of sp³-hybridized carbons (Fsp3) is 0.438. The number of nitrogens with zero attached hydrogens (tertiary/aromatic N) is 4. The van der Waals surface area contributed by atoms with Gasteiger partial charge < -0.3 is 14.2 Å². The van der Waals surface area contributed by atoms with Gasteiger partial charge in [0.2, 0.25) is 0 Å². The zero-order chi connectivity index (χ0) is 14.9. The Morgan fingerprint density at radius 3 is 2.50 bits per heavy atom. The van der Waals surface area contributed by atoms with E-state index in [1.807, 2.05) is 11.0 Å². The molecule has 1 aliphatic carbocycles. The Kier molecular flexibility index (Phi) is 3.29. The SMILES string of the molecule is O=C(c1ccco1)N1CCN(c2ccc(C3CC3)nn2)CC1. The number of hydrogen-bond donors (Lipinski definition) is 0. The van der Waals surface area contributed by atoms with Crippen LogP contribution in [0.15, 0.2) is 34.9 Å². The maximum atomic E-state index is 12.2. The lowest BCUT2D eigenvalue weighted by Crippen LogP contribution is -2.49. The molecular formula is C16H18N4O2. The number of anilines is 1. The zero-order valence-corrected chi connectivity index (χ0v) is 12.3. The zero-order valence-electron chi connectivity index (χ0n) is 12.3. The average Bonchev–Trinajstić information content (AvgIpc) is 3.29. The number of carbonyl (C=O) groups is 1. The van der Waals surface area contributed by atoms with Gasteiger partial charge in [-0.1, -0.05) is 0 Å². The van der Waals surface area contributed by atoms with Crippen LogP contribution in [-0.2, 0) is 0 Å². The third kappa shape index (κ3) is 2.56. The fourth-order valence-corrected chi connectivity index (χ4v) is 2.80. The van der Waals surface area contributed by atoms with Crippen LogP contribution in [-0.4, -0.2) is 47.2 Å². The van der Waals surface area contributed by atoms with E-state index >= 15 is 0 Å². The summed E-state index contributed by atoms with van der Waals surface area (Å²) in [7, 11) is 0. The highest BCUT2D eigenvalue weighted by Crippen LogP contribution is 2.38. The molecule has 1 amide bonds. The van der Waals surface area contributed by atoms with Crippen molar-refractivity contribution < 1.29 is 9.21 Å². The number of piperazine rings is 1. The van der Waals surface area contributed by atoms with Crippen LogP contribution in [0.3, 0.4) is 0 Å². The summed E-state index contributed by atoms with van der Waals surface area (Å²) in [5.74, 6) is 1.89. The summed E-state index contributed by atoms with van der Waals surface area (Å²) < 4.78 is 5.17. The van der Waals surface area contributed by atoms with Gasteiger partial charge in [0.05, 0.1) is 12.0 Å². The molecule has 1 saturated heterocycles. The van der Waals surface area contributed by atoms with Crippen LogP contribution in [0, 0.1) is 0 Å². The van der Waals surface area contributed by atoms with Crippen molar-refractivity contribution >= 4 is 11.7 Å². The largest absolute Gasteiger partial charge is 0.459 e. The summed E-state index contributed by atoms with van der Waals surface area (Å²) >= 11 is 0. The van der Waals surface area contributed by atoms with E-state index in [1.54, 1.807) is 12.1 Å². The molecule has 2 aromatic heterocycles. The summed E-state index contributed by atoms with van der Waals surface area (Å²) in [6, 6.07) is 7.57. The molecule has 0 N–H and O–H groups in total. The molecule has 0 radical (unpaired) electrons. The Bertz CT molecular complexity index is 641. The molecule has 2 fully saturated rings. The molecule has 3 heterocycles. The summed E-state index contributed by atoms with van der Waals surface area (Å²) in [4.78, 5) is 16.2. The van der Waals surface area contributed by atoms with Gasteiger partial charge in [0.1, 0.15) is 0 Å². The second-order valence-electron chi connectivity index (χ2n) is 5.85. The third-order valence-corrected chi connectivity index (χ3v) is 4.29. The van der Waals surface area contributed by atoms with Gasteiger partial charge in [0.25, 0.3) is 5.91 Å². The second kappa shape index (κ2) is 5.44. The van der Waals surface area contributed by atoms with Gasteiger partial charge in [-0.2, -0.15) is 5.10 Å². The molecule has 114 valence electrons. The smallest absolute Gasteiger partial charge is 0.289 e. The summed E-state index contributed by atoms with van der Waals surface area (Å²) in [6.45, 7) is 2.88. The van der Waals surface area contributed by atoms with Crippen LogP contribution < -0.4 is 4.90 Å². The number of hydrogen-bond acceptors (Lipinski definition) is 5. The molecule has 0 bridgehead atoms. The normalized spacial score (nSPS) is 18.5. The topological polar surface area (TPSA) is 62.5 Å². The summed E-state index contributed by atoms with van der Waals surface area (Å²) in [6.07, 6.45) is 4.00. The van der Waals surface area contributed by atoms with Gasteiger partial charge in [0.15, 0.2) is 11.6 Å². The van der Waals surface area contributed by atoms with Crippen molar-refractivity contribution in [2.75, 3.05) is 31.1 Å². The van der Waals surface area contributed by atoms with E-state index in [9.17, 15) is 4.79 Å². The standard InChI is InChI=1S/C16H18N4O2/c21-16(14-2-1-11-22-14)20-9-7-19(8-10-20)15-6-5-13(17-18-15)12-3-4-12/h1-2,5-6,11-12H,3-4,7-10H2. The predicted octanol–water partition coefficient (Wildman–Crippen LogP) is 1.91. The highest BCUT2D eigenvalue weighted by Gasteiger charge is 2.27. The van der Waals surface area contributed by atoms with Gasteiger partial charge in [-0.05, 0) is 37.1 Å². The van der Waals surface area contributed by atoms with Gasteiger partial charge >= 0.3 is 0 Å². The Balaban J connectivity index is 1.38. The van der Waals surface area contributed by atoms with E-state index in [4.69, 9.17) is 4.42 Å². The Hall–Kier alpha value is -2.37. The monoisotopic (exact) mass is 298 g/mol. The molecule has 2 aliphatic rings. The Labute approximate surface area is 128 Å². The fourth-order valence-electron chi connectivity index (χ4n) is 2.80. The lowest BCUT2D eigenvalue weighted by molar-refractivity contribution is 0.0714. The first-order chi connectivity index (χ1) is 10.8. The minimum absolute atomic E-state index is 0.0418. The van der Waals surface area contributed by atoms with Crippen molar-refractivity contribution in [3.05, 3.63) is 42.0 Å². The molecule has 0 atom stereocenters. The quantitative estimate of drug-likeness (QED) is 0.866. The molecule has 0 aromatic carbocycles. The van der Waals surface area contributed by atoms with Crippen LogP contribution in [0.25, 0.3) is 0 Å². The van der Waals surface area contributed by atoms with Crippen molar-refractivity contribution in [1.29, 1.82) is 0 Å². The van der Waals surface area contributed by atoms with E-state index in [2.05, 4.69) is 21.2 Å². The number of amides is 1. The van der Waals surface area contributed by atoms with Crippen molar-refractivity contribution in [3.8, 4) is 0 Å². The highest BCUT2D eigenvalue weighted by atomic mass is 16.3. The molecule has 0 unspecified atom stereocenters. The molecule has 22 heavy (non-hydrogen) atoms. The average molecular weight is 298 g/mol. The molecular weight excluding hydrogens is 280 g/mol. The molecule has 0 spiro atoms. The summed E-state index contributed by atoms with van der Waals surface area (Å²) in [5, 5.41) is 8.66. The molecule has 6 heteroatoms. The predicted molar refractivity (Wildman–Crippen MR) is 80.8 cm³/mol. The number of carbonyl (C=O) groups excluding carboxylic acids is 1. The van der Waals surface area contributed by atoms with Crippen LogP contribution >= 0.6 is 0 Å². The van der Waals surface area contributed by atoms with Gasteiger partial charge in [0, 0.05) is 32.1 Å². The first kappa shape index (κ1) is 13.3. The van der Waals surface area contributed by atoms with Gasteiger partial charge in [-0.15, -0.1) is 5.10 Å². The lowest BCUT2D eigenvalue weighted by Gasteiger charge is -2.34. The molecule has 6 nitrogen and oxygen atoms in total. The maximum Gasteiger partial charge on any atom is 0.289 e. The summed E-state index contributed by atoms with van der Waals surface area (Å²) in [5.41, 5.74) is 1.11. The van der Waals surface area contributed by atoms with E-state index in [1.165, 1.54) is 19.1 Å². The van der Waals surface area contributed by atoms with Crippen LogP contribution in [0.1, 0.15) is 35.0 Å². The van der Waals surface area contributed by atoms with Gasteiger partial charge in [-0.25, -0.2) is 0 Å². The van der Waals surface area contributed by atoms with Crippen LogP contribution in [0.5, 0.6) is 0 Å². The van der Waals surface area contributed by atoms with Crippen molar-refractivity contribution in [2.24, 2.45) is 0 Å². The van der Waals surface area contributed by atoms with Crippen LogP contribution in [0.4, 0.5) is 5.82 Å². The molecule has 1 saturated carbocycles. The minimum atomic E-state index is -0.0418. The Morgan fingerprint density at radius 1 is 1.09 bits per heavy atom. The second-order valence-corrected chi connectivity index (χ2v) is 5.85. The van der Waals surface area contributed by atoms with Crippen LogP contribution in [0.2, 0.25) is 0 Å². The maximum absolute atomic E-state index is 12.2. The van der Waals surface area contributed by atoms with E-state index in [0.717, 1.165) is 24.6 Å². The Morgan fingerprint density at radius 2 is 1.91 bits per heavy atom. The van der Waals surface area contributed by atoms with E-state index in [0.29, 0.717) is 24.8 Å². The molecule has 1 aliphatic heterocycles.